The summed E-state index contributed by atoms with van der Waals surface area (Å²) in [6.07, 6.45) is 0. The summed E-state index contributed by atoms with van der Waals surface area (Å²) in [4.78, 5) is 43.8. The van der Waals surface area contributed by atoms with Crippen LogP contribution < -0.4 is 5.43 Å². The molecule has 1 rings (SSSR count). The third-order valence-electron chi connectivity index (χ3n) is 1.66. The lowest BCUT2D eigenvalue weighted by Crippen LogP contribution is -2.64. The second-order valence-corrected chi connectivity index (χ2v) is 2.77. The molecule has 0 unspecified atom stereocenters. The predicted molar refractivity (Wildman–Crippen MR) is 43.1 cm³/mol. The summed E-state index contributed by atoms with van der Waals surface area (Å²) in [5.41, 5.74) is 2.00. The van der Waals surface area contributed by atoms with E-state index in [1.165, 1.54) is 13.8 Å². The first kappa shape index (κ1) is 10.2. The molecule has 7 heteroatoms. The molecule has 7 nitrogen and oxygen atoms in total. The van der Waals surface area contributed by atoms with Crippen LogP contribution in [0.5, 0.6) is 0 Å². The van der Waals surface area contributed by atoms with Gasteiger partial charge in [0.2, 0.25) is 11.7 Å². The monoisotopic (exact) mass is 199 g/mol. The van der Waals surface area contributed by atoms with Gasteiger partial charge in [-0.25, -0.2) is 10.4 Å². The Balaban J connectivity index is 2.91. The number of hydrazine groups is 2. The van der Waals surface area contributed by atoms with Gasteiger partial charge in [-0.1, -0.05) is 0 Å². The number of carbonyl (C=O) groups excluding carboxylic acids is 4. The summed E-state index contributed by atoms with van der Waals surface area (Å²) < 4.78 is 0. The van der Waals surface area contributed by atoms with Crippen LogP contribution >= 0.6 is 0 Å². The first-order chi connectivity index (χ1) is 6.43. The van der Waals surface area contributed by atoms with Crippen LogP contribution in [0.15, 0.2) is 0 Å². The highest BCUT2D eigenvalue weighted by atomic mass is 16.2. The van der Waals surface area contributed by atoms with Crippen molar-refractivity contribution in [1.82, 2.24) is 15.6 Å². The number of rotatable bonds is 0. The topological polar surface area (TPSA) is 86.8 Å². The van der Waals surface area contributed by atoms with E-state index in [9.17, 15) is 19.2 Å². The van der Waals surface area contributed by atoms with Gasteiger partial charge in [-0.3, -0.25) is 19.2 Å². The summed E-state index contributed by atoms with van der Waals surface area (Å²) in [7, 11) is 0. The van der Waals surface area contributed by atoms with E-state index in [2.05, 4.69) is 0 Å². The Labute approximate surface area is 79.6 Å². The van der Waals surface area contributed by atoms with Gasteiger partial charge < -0.3 is 0 Å². The number of ketones is 1. The van der Waals surface area contributed by atoms with E-state index in [4.69, 9.17) is 0 Å². The molecule has 0 aromatic rings. The number of Topliss-reactive ketones (excluding diaryl/α,β-unsaturated/α-hetero) is 1. The lowest BCUT2D eigenvalue weighted by molar-refractivity contribution is -0.180. The summed E-state index contributed by atoms with van der Waals surface area (Å²) in [6, 6.07) is 0. The minimum absolute atomic E-state index is 0.402. The highest BCUT2D eigenvalue weighted by Crippen LogP contribution is 2.02. The Hall–Kier alpha value is -1.92. The summed E-state index contributed by atoms with van der Waals surface area (Å²) in [5.74, 6) is -2.68. The van der Waals surface area contributed by atoms with Crippen molar-refractivity contribution < 1.29 is 19.2 Å². The van der Waals surface area contributed by atoms with E-state index >= 15 is 0 Å². The minimum Gasteiger partial charge on any atom is -0.287 e. The second-order valence-electron chi connectivity index (χ2n) is 2.77. The molecule has 0 atom stereocenters. The molecule has 1 N–H and O–H groups in total. The molecule has 1 fully saturated rings. The standard InChI is InChI=1S/C7H9N3O4/c1-4(11)9-3-6(13)7(14)8-10(9)5(2)12/h3H2,1-2H3,(H,8,14). The molecule has 14 heavy (non-hydrogen) atoms. The second kappa shape index (κ2) is 3.44. The normalized spacial score (nSPS) is 16.7. The van der Waals surface area contributed by atoms with Crippen LogP contribution in [0.25, 0.3) is 0 Å². The third-order valence-corrected chi connectivity index (χ3v) is 1.66. The van der Waals surface area contributed by atoms with Gasteiger partial charge in [0.05, 0.1) is 0 Å². The van der Waals surface area contributed by atoms with Crippen LogP contribution in [-0.2, 0) is 19.2 Å². The molecule has 0 saturated carbocycles. The van der Waals surface area contributed by atoms with Crippen molar-refractivity contribution >= 4 is 23.5 Å². The van der Waals surface area contributed by atoms with E-state index in [0.717, 1.165) is 10.1 Å². The average Bonchev–Trinajstić information content (AvgIpc) is 2.08. The number of amides is 3. The zero-order valence-electron chi connectivity index (χ0n) is 7.73. The van der Waals surface area contributed by atoms with E-state index < -0.39 is 30.0 Å². The average molecular weight is 199 g/mol. The van der Waals surface area contributed by atoms with E-state index in [0.29, 0.717) is 0 Å². The van der Waals surface area contributed by atoms with Gasteiger partial charge in [-0.2, -0.15) is 5.12 Å². The Morgan fingerprint density at radius 2 is 1.79 bits per heavy atom. The molecule has 0 aliphatic carbocycles. The Morgan fingerprint density at radius 3 is 2.21 bits per heavy atom. The van der Waals surface area contributed by atoms with Crippen molar-refractivity contribution in [3.8, 4) is 0 Å². The number of hydrogen-bond acceptors (Lipinski definition) is 4. The van der Waals surface area contributed by atoms with Gasteiger partial charge in [-0.05, 0) is 0 Å². The van der Waals surface area contributed by atoms with Crippen LogP contribution in [0.2, 0.25) is 0 Å². The molecule has 1 aliphatic heterocycles. The number of carbonyl (C=O) groups is 4. The Bertz CT molecular complexity index is 293. The minimum atomic E-state index is -0.891. The van der Waals surface area contributed by atoms with Gasteiger partial charge >= 0.3 is 5.91 Å². The number of hydrogen-bond donors (Lipinski definition) is 1. The first-order valence-electron chi connectivity index (χ1n) is 3.86. The van der Waals surface area contributed by atoms with Crippen molar-refractivity contribution in [2.24, 2.45) is 0 Å². The molecule has 1 aliphatic rings. The molecule has 0 spiro atoms. The SMILES string of the molecule is CC(=O)N1CC(=O)C(=O)NN1C(C)=O. The summed E-state index contributed by atoms with van der Waals surface area (Å²) >= 11 is 0. The van der Waals surface area contributed by atoms with Gasteiger partial charge in [0.1, 0.15) is 6.54 Å². The van der Waals surface area contributed by atoms with E-state index in [1.807, 2.05) is 5.43 Å². The number of nitrogens with zero attached hydrogens (tertiary/aromatic N) is 2. The van der Waals surface area contributed by atoms with Crippen LogP contribution in [0.3, 0.4) is 0 Å². The maximum Gasteiger partial charge on any atom is 0.309 e. The largest absolute Gasteiger partial charge is 0.309 e. The Kier molecular flexibility index (Phi) is 2.50. The predicted octanol–water partition coefficient (Wildman–Crippen LogP) is -1.79. The Morgan fingerprint density at radius 1 is 1.21 bits per heavy atom. The summed E-state index contributed by atoms with van der Waals surface area (Å²) in [6.45, 7) is 1.97. The fraction of sp³-hybridized carbons (Fsp3) is 0.429. The zero-order valence-corrected chi connectivity index (χ0v) is 7.73. The van der Waals surface area contributed by atoms with Crippen LogP contribution in [0.4, 0.5) is 0 Å². The smallest absolute Gasteiger partial charge is 0.287 e. The van der Waals surface area contributed by atoms with Gasteiger partial charge in [-0.15, -0.1) is 0 Å². The molecular formula is C7H9N3O4. The molecule has 0 radical (unpaired) electrons. The third kappa shape index (κ3) is 1.70. The fourth-order valence-electron chi connectivity index (χ4n) is 0.998. The molecular weight excluding hydrogens is 190 g/mol. The molecule has 0 bridgehead atoms. The summed E-state index contributed by atoms with van der Waals surface area (Å²) in [5, 5.41) is 1.60. The molecule has 76 valence electrons. The highest BCUT2D eigenvalue weighted by Gasteiger charge is 2.33. The zero-order chi connectivity index (χ0) is 10.9. The molecule has 1 heterocycles. The van der Waals surface area contributed by atoms with Crippen molar-refractivity contribution in [1.29, 1.82) is 0 Å². The van der Waals surface area contributed by atoms with E-state index in [-0.39, 0.29) is 0 Å². The lowest BCUT2D eigenvalue weighted by atomic mass is 10.3. The molecule has 1 saturated heterocycles. The maximum absolute atomic E-state index is 11.0. The van der Waals surface area contributed by atoms with Crippen molar-refractivity contribution in [2.75, 3.05) is 6.54 Å². The van der Waals surface area contributed by atoms with Crippen molar-refractivity contribution in [2.45, 2.75) is 13.8 Å². The van der Waals surface area contributed by atoms with Crippen LogP contribution in [-0.4, -0.2) is 40.2 Å². The molecule has 0 aromatic heterocycles. The molecule has 0 aromatic carbocycles. The fourth-order valence-corrected chi connectivity index (χ4v) is 0.998. The van der Waals surface area contributed by atoms with Gasteiger partial charge in [0, 0.05) is 13.8 Å². The first-order valence-corrected chi connectivity index (χ1v) is 3.86. The van der Waals surface area contributed by atoms with Crippen molar-refractivity contribution in [3.63, 3.8) is 0 Å². The van der Waals surface area contributed by atoms with E-state index in [1.54, 1.807) is 0 Å². The lowest BCUT2D eigenvalue weighted by Gasteiger charge is -2.35. The number of nitrogens with one attached hydrogen (secondary N) is 1. The van der Waals surface area contributed by atoms with Crippen LogP contribution in [0, 0.1) is 0 Å². The molecule has 3 amide bonds. The van der Waals surface area contributed by atoms with Gasteiger partial charge in [0.25, 0.3) is 5.91 Å². The highest BCUT2D eigenvalue weighted by molar-refractivity contribution is 6.37. The maximum atomic E-state index is 11.0. The quantitative estimate of drug-likeness (QED) is 0.467. The van der Waals surface area contributed by atoms with Gasteiger partial charge in [0.15, 0.2) is 0 Å². The van der Waals surface area contributed by atoms with Crippen molar-refractivity contribution in [3.05, 3.63) is 0 Å². The van der Waals surface area contributed by atoms with Crippen LogP contribution in [0.1, 0.15) is 13.8 Å².